The van der Waals surface area contributed by atoms with Crippen molar-refractivity contribution in [3.63, 3.8) is 0 Å². The van der Waals surface area contributed by atoms with E-state index in [4.69, 9.17) is 14.7 Å². The first-order chi connectivity index (χ1) is 8.58. The molecule has 0 fully saturated rings. The van der Waals surface area contributed by atoms with Crippen LogP contribution in [0, 0.1) is 11.3 Å². The molecule has 94 valence electrons. The zero-order chi connectivity index (χ0) is 13.5. The van der Waals surface area contributed by atoms with Gasteiger partial charge < -0.3 is 9.47 Å². The molecule has 0 N–H and O–H groups in total. The fourth-order valence-corrected chi connectivity index (χ4v) is 1.28. The van der Waals surface area contributed by atoms with E-state index < -0.39 is 18.4 Å². The molecule has 0 radical (unpaired) electrons. The topological polar surface area (TPSA) is 89.3 Å². The third-order valence-electron chi connectivity index (χ3n) is 2.01. The van der Waals surface area contributed by atoms with Crippen LogP contribution in [0.3, 0.4) is 0 Å². The summed E-state index contributed by atoms with van der Waals surface area (Å²) in [5.74, 6) is -1.24. The van der Waals surface area contributed by atoms with Crippen molar-refractivity contribution >= 4 is 11.9 Å². The summed E-state index contributed by atoms with van der Waals surface area (Å²) in [4.78, 5) is 26.1. The molecular formula is C12H12N2O4. The molecule has 18 heavy (non-hydrogen) atoms. The number of carbonyl (C=O) groups is 2. The van der Waals surface area contributed by atoms with Crippen molar-refractivity contribution in [2.45, 2.75) is 26.7 Å². The maximum absolute atomic E-state index is 11.2. The molecule has 0 aliphatic heterocycles. The smallest absolute Gasteiger partial charge is 0.327 e. The monoisotopic (exact) mass is 248 g/mol. The van der Waals surface area contributed by atoms with Crippen LogP contribution in [0.1, 0.15) is 25.8 Å². The Hall–Kier alpha value is -2.42. The highest BCUT2D eigenvalue weighted by atomic mass is 16.6. The van der Waals surface area contributed by atoms with Gasteiger partial charge in [0.05, 0.1) is 6.07 Å². The molecule has 0 unspecified atom stereocenters. The molecule has 1 aromatic heterocycles. The van der Waals surface area contributed by atoms with Gasteiger partial charge in [-0.25, -0.2) is 4.98 Å². The molecule has 0 bridgehead atoms. The number of hydrogen-bond acceptors (Lipinski definition) is 6. The zero-order valence-corrected chi connectivity index (χ0v) is 10.1. The predicted octanol–water partition coefficient (Wildman–Crippen LogP) is 1.39. The maximum atomic E-state index is 11.2. The van der Waals surface area contributed by atoms with Gasteiger partial charge >= 0.3 is 11.9 Å². The standard InChI is InChI=1S/C12H12N2O4/c1-3-9-5-7-14-12(11(9)17-8(2)15)18-10(16)4-6-13/h5,7H,3-4H2,1-2H3. The summed E-state index contributed by atoms with van der Waals surface area (Å²) in [5, 5.41) is 8.37. The minimum atomic E-state index is -0.744. The van der Waals surface area contributed by atoms with E-state index in [9.17, 15) is 9.59 Å². The largest absolute Gasteiger partial charge is 0.421 e. The lowest BCUT2D eigenvalue weighted by molar-refractivity contribution is -0.135. The van der Waals surface area contributed by atoms with Crippen LogP contribution >= 0.6 is 0 Å². The number of aryl methyl sites for hydroxylation is 1. The number of rotatable bonds is 4. The van der Waals surface area contributed by atoms with E-state index >= 15 is 0 Å². The lowest BCUT2D eigenvalue weighted by Crippen LogP contribution is -2.12. The number of hydrogen-bond donors (Lipinski definition) is 0. The zero-order valence-electron chi connectivity index (χ0n) is 10.1. The van der Waals surface area contributed by atoms with Gasteiger partial charge in [0, 0.05) is 18.7 Å². The number of carbonyl (C=O) groups excluding carboxylic acids is 2. The fraction of sp³-hybridized carbons (Fsp3) is 0.333. The summed E-state index contributed by atoms with van der Waals surface area (Å²) in [6.45, 7) is 3.11. The highest BCUT2D eigenvalue weighted by molar-refractivity contribution is 5.76. The van der Waals surface area contributed by atoms with Crippen molar-refractivity contribution < 1.29 is 19.1 Å². The Bertz CT molecular complexity index is 505. The van der Waals surface area contributed by atoms with Gasteiger partial charge in [0.1, 0.15) is 6.42 Å². The summed E-state index contributed by atoms with van der Waals surface area (Å²) >= 11 is 0. The Balaban J connectivity index is 3.06. The number of pyridine rings is 1. The lowest BCUT2D eigenvalue weighted by Gasteiger charge is -2.10. The third-order valence-corrected chi connectivity index (χ3v) is 2.01. The molecule has 0 saturated carbocycles. The Kier molecular flexibility index (Phi) is 4.81. The minimum absolute atomic E-state index is 0.0928. The summed E-state index contributed by atoms with van der Waals surface area (Å²) in [6.07, 6.45) is 1.65. The van der Waals surface area contributed by atoms with Crippen LogP contribution < -0.4 is 9.47 Å². The normalized spacial score (nSPS) is 9.39. The second kappa shape index (κ2) is 6.35. The average Bonchev–Trinajstić information content (AvgIpc) is 2.31. The number of nitrogens with zero attached hydrogens (tertiary/aromatic N) is 2. The summed E-state index contributed by atoms with van der Waals surface area (Å²) in [5.41, 5.74) is 0.694. The molecule has 0 spiro atoms. The summed E-state index contributed by atoms with van der Waals surface area (Å²) < 4.78 is 9.86. The molecule has 0 aromatic carbocycles. The minimum Gasteiger partial charge on any atom is -0.421 e. The fourth-order valence-electron chi connectivity index (χ4n) is 1.28. The molecule has 1 rings (SSSR count). The van der Waals surface area contributed by atoms with Crippen molar-refractivity contribution in [1.29, 1.82) is 5.26 Å². The van der Waals surface area contributed by atoms with E-state index in [1.807, 2.05) is 6.92 Å². The Morgan fingerprint density at radius 2 is 2.17 bits per heavy atom. The van der Waals surface area contributed by atoms with Gasteiger partial charge in [-0.2, -0.15) is 5.26 Å². The van der Waals surface area contributed by atoms with Crippen molar-refractivity contribution in [3.05, 3.63) is 17.8 Å². The second-order valence-electron chi connectivity index (χ2n) is 3.36. The Morgan fingerprint density at radius 1 is 1.44 bits per heavy atom. The number of ether oxygens (including phenoxy) is 2. The van der Waals surface area contributed by atoms with Gasteiger partial charge in [0.25, 0.3) is 5.88 Å². The van der Waals surface area contributed by atoms with Gasteiger partial charge in [0.15, 0.2) is 5.75 Å². The molecule has 0 aliphatic carbocycles. The molecule has 1 aromatic rings. The van der Waals surface area contributed by atoms with Crippen molar-refractivity contribution in [2.75, 3.05) is 0 Å². The Labute approximate surface area is 104 Å². The third kappa shape index (κ3) is 3.56. The Morgan fingerprint density at radius 3 is 2.72 bits per heavy atom. The molecule has 1 heterocycles. The van der Waals surface area contributed by atoms with Crippen LogP contribution in [0.4, 0.5) is 0 Å². The highest BCUT2D eigenvalue weighted by Gasteiger charge is 2.16. The molecule has 6 nitrogen and oxygen atoms in total. The first-order valence-electron chi connectivity index (χ1n) is 5.32. The quantitative estimate of drug-likeness (QED) is 0.748. The van der Waals surface area contributed by atoms with Gasteiger partial charge in [-0.3, -0.25) is 9.59 Å². The highest BCUT2D eigenvalue weighted by Crippen LogP contribution is 2.29. The number of esters is 2. The molecule has 0 amide bonds. The van der Waals surface area contributed by atoms with E-state index in [0.29, 0.717) is 12.0 Å². The van der Waals surface area contributed by atoms with Crippen LogP contribution in [0.2, 0.25) is 0 Å². The lowest BCUT2D eigenvalue weighted by atomic mass is 10.2. The van der Waals surface area contributed by atoms with Crippen LogP contribution in [0.5, 0.6) is 11.6 Å². The van der Waals surface area contributed by atoms with Crippen LogP contribution in [0.25, 0.3) is 0 Å². The molecule has 0 aliphatic rings. The maximum Gasteiger partial charge on any atom is 0.327 e. The molecular weight excluding hydrogens is 236 g/mol. The van der Waals surface area contributed by atoms with Crippen molar-refractivity contribution in [2.24, 2.45) is 0 Å². The van der Waals surface area contributed by atoms with Gasteiger partial charge in [-0.1, -0.05) is 6.92 Å². The van der Waals surface area contributed by atoms with E-state index in [1.165, 1.54) is 13.1 Å². The summed E-state index contributed by atoms with van der Waals surface area (Å²) in [7, 11) is 0. The van der Waals surface area contributed by atoms with E-state index in [-0.39, 0.29) is 11.6 Å². The van der Waals surface area contributed by atoms with Crippen LogP contribution in [0.15, 0.2) is 12.3 Å². The first-order valence-corrected chi connectivity index (χ1v) is 5.32. The van der Waals surface area contributed by atoms with E-state index in [1.54, 1.807) is 12.1 Å². The van der Waals surface area contributed by atoms with Gasteiger partial charge in [0.2, 0.25) is 0 Å². The van der Waals surface area contributed by atoms with Crippen molar-refractivity contribution in [3.8, 4) is 17.7 Å². The molecule has 6 heteroatoms. The summed E-state index contributed by atoms with van der Waals surface area (Å²) in [6, 6.07) is 3.33. The van der Waals surface area contributed by atoms with Crippen LogP contribution in [-0.2, 0) is 16.0 Å². The SMILES string of the molecule is CCc1ccnc(OC(=O)CC#N)c1OC(C)=O. The molecule has 0 saturated heterocycles. The predicted molar refractivity (Wildman–Crippen MR) is 60.8 cm³/mol. The van der Waals surface area contributed by atoms with Crippen molar-refractivity contribution in [1.82, 2.24) is 4.98 Å². The average molecular weight is 248 g/mol. The first kappa shape index (κ1) is 13.6. The van der Waals surface area contributed by atoms with E-state index in [2.05, 4.69) is 4.98 Å². The second-order valence-corrected chi connectivity index (χ2v) is 3.36. The molecule has 0 atom stereocenters. The number of aromatic nitrogens is 1. The van der Waals surface area contributed by atoms with Crippen LogP contribution in [-0.4, -0.2) is 16.9 Å². The van der Waals surface area contributed by atoms with E-state index in [0.717, 1.165) is 0 Å². The van der Waals surface area contributed by atoms with Gasteiger partial charge in [-0.15, -0.1) is 0 Å². The number of nitriles is 1. The van der Waals surface area contributed by atoms with Gasteiger partial charge in [-0.05, 0) is 12.5 Å².